The van der Waals surface area contributed by atoms with Crippen molar-refractivity contribution in [2.75, 3.05) is 5.75 Å². The quantitative estimate of drug-likeness (QED) is 0.808. The van der Waals surface area contributed by atoms with Gasteiger partial charge in [-0.05, 0) is 25.0 Å². The molecule has 0 saturated carbocycles. The van der Waals surface area contributed by atoms with E-state index in [2.05, 4.69) is 10.2 Å². The molecule has 1 N–H and O–H groups in total. The zero-order valence-electron chi connectivity index (χ0n) is 8.94. The van der Waals surface area contributed by atoms with Crippen LogP contribution in [0.15, 0.2) is 18.3 Å². The molecule has 1 fully saturated rings. The summed E-state index contributed by atoms with van der Waals surface area (Å²) in [7, 11) is -3.12. The Bertz CT molecular complexity index is 677. The second-order valence-electron chi connectivity index (χ2n) is 4.14. The van der Waals surface area contributed by atoms with E-state index in [1.807, 2.05) is 0 Å². The maximum atomic E-state index is 11.8. The van der Waals surface area contributed by atoms with Crippen LogP contribution in [0.1, 0.15) is 23.9 Å². The zero-order chi connectivity index (χ0) is 12.0. The third-order valence-electron chi connectivity index (χ3n) is 3.06. The average molecular weight is 253 g/mol. The lowest BCUT2D eigenvalue weighted by molar-refractivity contribution is 0.477. The van der Waals surface area contributed by atoms with Gasteiger partial charge in [-0.25, -0.2) is 8.42 Å². The first-order valence-corrected chi connectivity index (χ1v) is 7.05. The molecule has 3 heterocycles. The van der Waals surface area contributed by atoms with Gasteiger partial charge < -0.3 is 5.11 Å². The van der Waals surface area contributed by atoms with Crippen molar-refractivity contribution in [1.29, 1.82) is 0 Å². The van der Waals surface area contributed by atoms with E-state index in [0.717, 1.165) is 0 Å². The van der Waals surface area contributed by atoms with Gasteiger partial charge in [0.1, 0.15) is 5.25 Å². The predicted octanol–water partition coefficient (Wildman–Crippen LogP) is 0.685. The van der Waals surface area contributed by atoms with Gasteiger partial charge in [0.2, 0.25) is 5.65 Å². The summed E-state index contributed by atoms with van der Waals surface area (Å²) in [4.78, 5) is 0. The fourth-order valence-electron chi connectivity index (χ4n) is 2.22. The molecule has 0 aromatic carbocycles. The molecule has 0 radical (unpaired) electrons. The Hall–Kier alpha value is -1.63. The van der Waals surface area contributed by atoms with Crippen LogP contribution < -0.4 is 0 Å². The molecule has 17 heavy (non-hydrogen) atoms. The van der Waals surface area contributed by atoms with E-state index in [4.69, 9.17) is 0 Å². The zero-order valence-corrected chi connectivity index (χ0v) is 9.76. The second-order valence-corrected chi connectivity index (χ2v) is 6.45. The van der Waals surface area contributed by atoms with Crippen molar-refractivity contribution in [3.05, 3.63) is 24.2 Å². The van der Waals surface area contributed by atoms with Gasteiger partial charge in [0, 0.05) is 6.20 Å². The fourth-order valence-corrected chi connectivity index (χ4v) is 4.08. The molecule has 2 aromatic heterocycles. The van der Waals surface area contributed by atoms with E-state index in [0.29, 0.717) is 24.3 Å². The Balaban J connectivity index is 2.22. The molecule has 1 unspecified atom stereocenters. The highest BCUT2D eigenvalue weighted by molar-refractivity contribution is 7.91. The van der Waals surface area contributed by atoms with Crippen molar-refractivity contribution < 1.29 is 13.5 Å². The van der Waals surface area contributed by atoms with Crippen LogP contribution in [0.2, 0.25) is 0 Å². The number of fused-ring (bicyclic) bond motifs is 1. The van der Waals surface area contributed by atoms with Crippen LogP contribution in [0.4, 0.5) is 0 Å². The van der Waals surface area contributed by atoms with Crippen LogP contribution in [-0.4, -0.2) is 33.9 Å². The lowest BCUT2D eigenvalue weighted by Crippen LogP contribution is -2.11. The maximum Gasteiger partial charge on any atom is 0.203 e. The van der Waals surface area contributed by atoms with Gasteiger partial charge in [0.25, 0.3) is 0 Å². The molecule has 0 bridgehead atoms. The lowest BCUT2D eigenvalue weighted by Gasteiger charge is -2.06. The Morgan fingerprint density at radius 1 is 1.41 bits per heavy atom. The molecule has 6 nitrogen and oxygen atoms in total. The summed E-state index contributed by atoms with van der Waals surface area (Å²) in [6.07, 6.45) is 2.89. The van der Waals surface area contributed by atoms with Gasteiger partial charge in [-0.15, -0.1) is 10.2 Å². The van der Waals surface area contributed by atoms with Crippen molar-refractivity contribution in [1.82, 2.24) is 14.6 Å². The van der Waals surface area contributed by atoms with Gasteiger partial charge in [-0.3, -0.25) is 4.40 Å². The molecule has 2 aromatic rings. The van der Waals surface area contributed by atoms with Crippen LogP contribution in [-0.2, 0) is 9.84 Å². The average Bonchev–Trinajstić information content (AvgIpc) is 2.82. The lowest BCUT2D eigenvalue weighted by atomic mass is 10.2. The number of rotatable bonds is 1. The molecule has 1 saturated heterocycles. The Morgan fingerprint density at radius 2 is 2.24 bits per heavy atom. The number of pyridine rings is 1. The first-order valence-electron chi connectivity index (χ1n) is 5.34. The minimum atomic E-state index is -3.12. The molecule has 1 atom stereocenters. The monoisotopic (exact) mass is 253 g/mol. The van der Waals surface area contributed by atoms with E-state index in [1.165, 1.54) is 6.07 Å². The molecule has 1 aliphatic rings. The highest BCUT2D eigenvalue weighted by Gasteiger charge is 2.36. The van der Waals surface area contributed by atoms with Crippen molar-refractivity contribution in [2.45, 2.75) is 18.1 Å². The standard InChI is InChI=1S/C10H11N3O3S/c14-7-3-1-5-13-9(7)11-12-10(13)8-4-2-6-17(8,15)16/h1,3,5,8,14H,2,4,6H2. The molecule has 3 rings (SSSR count). The minimum absolute atomic E-state index is 0.00152. The van der Waals surface area contributed by atoms with E-state index in [1.54, 1.807) is 16.7 Å². The predicted molar refractivity (Wildman–Crippen MR) is 60.4 cm³/mol. The second kappa shape index (κ2) is 3.43. The van der Waals surface area contributed by atoms with Crippen LogP contribution in [0, 0.1) is 0 Å². The smallest absolute Gasteiger partial charge is 0.203 e. The van der Waals surface area contributed by atoms with Crippen molar-refractivity contribution in [3.8, 4) is 5.75 Å². The van der Waals surface area contributed by atoms with E-state index < -0.39 is 15.1 Å². The fraction of sp³-hybridized carbons (Fsp3) is 0.400. The summed E-state index contributed by atoms with van der Waals surface area (Å²) in [6, 6.07) is 3.13. The topological polar surface area (TPSA) is 84.6 Å². The number of nitrogens with zero attached hydrogens (tertiary/aromatic N) is 3. The molecule has 0 aliphatic carbocycles. The van der Waals surface area contributed by atoms with Crippen LogP contribution in [0.3, 0.4) is 0 Å². The Morgan fingerprint density at radius 3 is 2.94 bits per heavy atom. The third kappa shape index (κ3) is 1.49. The Labute approximate surface area is 97.8 Å². The van der Waals surface area contributed by atoms with Gasteiger partial charge in [0.15, 0.2) is 21.4 Å². The van der Waals surface area contributed by atoms with Gasteiger partial charge >= 0.3 is 0 Å². The number of aromatic hydroxyl groups is 1. The van der Waals surface area contributed by atoms with Crippen LogP contribution in [0.25, 0.3) is 5.65 Å². The van der Waals surface area contributed by atoms with Crippen molar-refractivity contribution >= 4 is 15.5 Å². The summed E-state index contributed by atoms with van der Waals surface area (Å²) < 4.78 is 25.2. The molecule has 0 amide bonds. The van der Waals surface area contributed by atoms with E-state index in [-0.39, 0.29) is 11.5 Å². The van der Waals surface area contributed by atoms with Gasteiger partial charge in [-0.2, -0.15) is 0 Å². The normalized spacial score (nSPS) is 23.2. The highest BCUT2D eigenvalue weighted by Crippen LogP contribution is 2.34. The number of hydrogen-bond donors (Lipinski definition) is 1. The maximum absolute atomic E-state index is 11.8. The van der Waals surface area contributed by atoms with Gasteiger partial charge in [0.05, 0.1) is 5.75 Å². The van der Waals surface area contributed by atoms with Gasteiger partial charge in [-0.1, -0.05) is 0 Å². The molecular weight excluding hydrogens is 242 g/mol. The number of aromatic nitrogens is 3. The third-order valence-corrected chi connectivity index (χ3v) is 5.23. The SMILES string of the molecule is O=S1(=O)CCCC1c1nnc2c(O)cccn12. The first kappa shape index (κ1) is 10.5. The van der Waals surface area contributed by atoms with Crippen molar-refractivity contribution in [2.24, 2.45) is 0 Å². The first-order chi connectivity index (χ1) is 8.09. The molecule has 90 valence electrons. The summed E-state index contributed by atoms with van der Waals surface area (Å²) in [5.41, 5.74) is 0.296. The largest absolute Gasteiger partial charge is 0.504 e. The molecule has 1 aliphatic heterocycles. The number of sulfone groups is 1. The summed E-state index contributed by atoms with van der Waals surface area (Å²) in [5, 5.41) is 16.7. The van der Waals surface area contributed by atoms with E-state index >= 15 is 0 Å². The van der Waals surface area contributed by atoms with Crippen molar-refractivity contribution in [3.63, 3.8) is 0 Å². The number of hydrogen-bond acceptors (Lipinski definition) is 5. The minimum Gasteiger partial charge on any atom is -0.504 e. The highest BCUT2D eigenvalue weighted by atomic mass is 32.2. The molecule has 7 heteroatoms. The summed E-state index contributed by atoms with van der Waals surface area (Å²) in [6.45, 7) is 0. The van der Waals surface area contributed by atoms with Crippen LogP contribution >= 0.6 is 0 Å². The van der Waals surface area contributed by atoms with Crippen LogP contribution in [0.5, 0.6) is 5.75 Å². The molecule has 0 spiro atoms. The molecular formula is C10H11N3O3S. The summed E-state index contributed by atoms with van der Waals surface area (Å²) in [5.74, 6) is 0.598. The van der Waals surface area contributed by atoms with E-state index in [9.17, 15) is 13.5 Å². The summed E-state index contributed by atoms with van der Waals surface area (Å²) >= 11 is 0. The Kier molecular flexibility index (Phi) is 2.12.